The number of thiophene rings is 1. The number of carbonyl (C=O) groups is 2. The molecule has 7 heteroatoms. The first kappa shape index (κ1) is 22.3. The molecule has 32 heavy (non-hydrogen) atoms. The Morgan fingerprint density at radius 1 is 0.969 bits per heavy atom. The second-order valence-corrected chi connectivity index (χ2v) is 9.72. The molecule has 4 aromatic rings. The van der Waals surface area contributed by atoms with Crippen LogP contribution in [0.4, 0.5) is 5.00 Å². The molecule has 0 saturated heterocycles. The van der Waals surface area contributed by atoms with Crippen LogP contribution in [0, 0.1) is 2.88 Å². The number of halogens is 1. The highest BCUT2D eigenvalue weighted by Gasteiger charge is 2.26. The summed E-state index contributed by atoms with van der Waals surface area (Å²) < 4.78 is 11.9. The Kier molecular flexibility index (Phi) is 7.06. The third-order valence-corrected chi connectivity index (χ3v) is 6.84. The average Bonchev–Trinajstić information content (AvgIpc) is 3.13. The van der Waals surface area contributed by atoms with Gasteiger partial charge in [-0.05, 0) is 58.0 Å². The van der Waals surface area contributed by atoms with Crippen LogP contribution in [0.3, 0.4) is 0 Å². The summed E-state index contributed by atoms with van der Waals surface area (Å²) in [7, 11) is 0. The second kappa shape index (κ2) is 10.1. The van der Waals surface area contributed by atoms with Crippen molar-refractivity contribution in [2.24, 2.45) is 0 Å². The first-order valence-electron chi connectivity index (χ1n) is 10.0. The van der Waals surface area contributed by atoms with Gasteiger partial charge >= 0.3 is 5.97 Å². The normalized spacial score (nSPS) is 10.7. The van der Waals surface area contributed by atoms with Crippen molar-refractivity contribution >= 4 is 61.6 Å². The lowest BCUT2D eigenvalue weighted by atomic mass is 10.0. The third kappa shape index (κ3) is 4.94. The van der Waals surface area contributed by atoms with Crippen LogP contribution in [0.5, 0.6) is 5.75 Å². The van der Waals surface area contributed by atoms with Gasteiger partial charge in [0.05, 0.1) is 9.49 Å². The summed E-state index contributed by atoms with van der Waals surface area (Å²) in [6, 6.07) is 23.2. The molecule has 0 aliphatic rings. The van der Waals surface area contributed by atoms with E-state index in [0.29, 0.717) is 16.3 Å². The van der Waals surface area contributed by atoms with Gasteiger partial charge in [-0.15, -0.1) is 11.3 Å². The van der Waals surface area contributed by atoms with E-state index in [2.05, 4.69) is 27.9 Å². The lowest BCUT2D eigenvalue weighted by Gasteiger charge is -2.10. The fourth-order valence-corrected chi connectivity index (χ4v) is 5.52. The fourth-order valence-electron chi connectivity index (χ4n) is 3.32. The lowest BCUT2D eigenvalue weighted by Crippen LogP contribution is -2.21. The summed E-state index contributed by atoms with van der Waals surface area (Å²) in [4.78, 5) is 25.4. The number of benzene rings is 3. The van der Waals surface area contributed by atoms with Crippen LogP contribution in [0.1, 0.15) is 17.3 Å². The maximum atomic E-state index is 12.8. The van der Waals surface area contributed by atoms with E-state index >= 15 is 0 Å². The molecule has 5 nitrogen and oxygen atoms in total. The van der Waals surface area contributed by atoms with E-state index in [-0.39, 0.29) is 19.1 Å². The molecule has 0 spiro atoms. The molecule has 0 bridgehead atoms. The van der Waals surface area contributed by atoms with Crippen molar-refractivity contribution in [3.8, 4) is 16.9 Å². The predicted molar refractivity (Wildman–Crippen MR) is 137 cm³/mol. The summed E-state index contributed by atoms with van der Waals surface area (Å²) in [5, 5.41) is 5.43. The van der Waals surface area contributed by atoms with Crippen LogP contribution in [0.2, 0.25) is 0 Å². The molecule has 1 heterocycles. The minimum absolute atomic E-state index is 0.171. The van der Waals surface area contributed by atoms with E-state index in [1.165, 1.54) is 11.3 Å². The fraction of sp³-hybridized carbons (Fsp3) is 0.120. The van der Waals surface area contributed by atoms with Crippen LogP contribution in [-0.4, -0.2) is 25.1 Å². The summed E-state index contributed by atoms with van der Waals surface area (Å²) in [6.45, 7) is 1.83. The van der Waals surface area contributed by atoms with Crippen molar-refractivity contribution in [2.75, 3.05) is 18.5 Å². The molecular weight excluding hydrogens is 537 g/mol. The van der Waals surface area contributed by atoms with Gasteiger partial charge in [-0.3, -0.25) is 4.79 Å². The zero-order chi connectivity index (χ0) is 22.5. The van der Waals surface area contributed by atoms with Gasteiger partial charge in [0.25, 0.3) is 5.91 Å². The van der Waals surface area contributed by atoms with Gasteiger partial charge in [-0.2, -0.15) is 0 Å². The molecule has 0 atom stereocenters. The number of amides is 1. The smallest absolute Gasteiger partial charge is 0.341 e. The van der Waals surface area contributed by atoms with Crippen LogP contribution < -0.4 is 10.1 Å². The standard InChI is InChI=1S/C25H20INO4S/c1-2-30-25(29)22-21(17-9-4-3-5-10-17)23(26)32-24(22)27-20(28)15-31-19-13-12-16-8-6-7-11-18(16)14-19/h3-14H,2,15H2,1H3,(H,27,28). The molecule has 0 aliphatic heterocycles. The van der Waals surface area contributed by atoms with Gasteiger partial charge < -0.3 is 14.8 Å². The molecule has 0 radical (unpaired) electrons. The van der Waals surface area contributed by atoms with Crippen LogP contribution in [0.15, 0.2) is 72.8 Å². The number of hydrogen-bond acceptors (Lipinski definition) is 5. The number of rotatable bonds is 7. The van der Waals surface area contributed by atoms with E-state index in [0.717, 1.165) is 24.8 Å². The predicted octanol–water partition coefficient (Wildman–Crippen LogP) is 6.37. The quantitative estimate of drug-likeness (QED) is 0.212. The van der Waals surface area contributed by atoms with Gasteiger partial charge in [0.1, 0.15) is 16.3 Å². The van der Waals surface area contributed by atoms with Crippen molar-refractivity contribution in [1.82, 2.24) is 0 Å². The number of nitrogens with one attached hydrogen (secondary N) is 1. The van der Waals surface area contributed by atoms with E-state index in [9.17, 15) is 9.59 Å². The SMILES string of the molecule is CCOC(=O)c1c(NC(=O)COc2ccc3ccccc3c2)sc(I)c1-c1ccccc1. The molecule has 0 fully saturated rings. The minimum Gasteiger partial charge on any atom is -0.484 e. The van der Waals surface area contributed by atoms with Crippen LogP contribution >= 0.6 is 33.9 Å². The Hall–Kier alpha value is -2.91. The maximum Gasteiger partial charge on any atom is 0.341 e. The molecule has 3 aromatic carbocycles. The van der Waals surface area contributed by atoms with Crippen molar-refractivity contribution in [3.05, 3.63) is 81.2 Å². The molecule has 0 saturated carbocycles. The largest absolute Gasteiger partial charge is 0.484 e. The number of ether oxygens (including phenoxy) is 2. The van der Waals surface area contributed by atoms with E-state index in [1.807, 2.05) is 72.8 Å². The first-order valence-corrected chi connectivity index (χ1v) is 11.9. The van der Waals surface area contributed by atoms with Gasteiger partial charge in [-0.1, -0.05) is 60.7 Å². The number of carbonyl (C=O) groups excluding carboxylic acids is 2. The topological polar surface area (TPSA) is 64.6 Å². The number of fused-ring (bicyclic) bond motifs is 1. The van der Waals surface area contributed by atoms with Crippen molar-refractivity contribution in [3.63, 3.8) is 0 Å². The van der Waals surface area contributed by atoms with Gasteiger partial charge in [0.2, 0.25) is 0 Å². The molecular formula is C25H20INO4S. The van der Waals surface area contributed by atoms with E-state index in [4.69, 9.17) is 9.47 Å². The van der Waals surface area contributed by atoms with Crippen LogP contribution in [-0.2, 0) is 9.53 Å². The first-order chi connectivity index (χ1) is 15.6. The summed E-state index contributed by atoms with van der Waals surface area (Å²) in [5.74, 6) is -0.201. The lowest BCUT2D eigenvalue weighted by molar-refractivity contribution is -0.118. The number of anilines is 1. The monoisotopic (exact) mass is 557 g/mol. The van der Waals surface area contributed by atoms with E-state index in [1.54, 1.807) is 6.92 Å². The summed E-state index contributed by atoms with van der Waals surface area (Å²) >= 11 is 3.53. The zero-order valence-corrected chi connectivity index (χ0v) is 20.2. The Balaban J connectivity index is 1.54. The second-order valence-electron chi connectivity index (χ2n) is 6.89. The average molecular weight is 557 g/mol. The van der Waals surface area contributed by atoms with Crippen molar-refractivity contribution < 1.29 is 19.1 Å². The maximum absolute atomic E-state index is 12.8. The highest BCUT2D eigenvalue weighted by atomic mass is 127. The zero-order valence-electron chi connectivity index (χ0n) is 17.3. The Labute approximate surface area is 203 Å². The Morgan fingerprint density at radius 3 is 2.44 bits per heavy atom. The van der Waals surface area contributed by atoms with Crippen LogP contribution in [0.25, 0.3) is 21.9 Å². The molecule has 162 valence electrons. The van der Waals surface area contributed by atoms with Gasteiger partial charge in [-0.25, -0.2) is 4.79 Å². The number of esters is 1. The van der Waals surface area contributed by atoms with Crippen molar-refractivity contribution in [2.45, 2.75) is 6.92 Å². The molecule has 1 amide bonds. The molecule has 0 aliphatic carbocycles. The Bertz CT molecular complexity index is 1270. The molecule has 1 aromatic heterocycles. The highest BCUT2D eigenvalue weighted by Crippen LogP contribution is 2.41. The highest BCUT2D eigenvalue weighted by molar-refractivity contribution is 14.1. The Morgan fingerprint density at radius 2 is 1.69 bits per heavy atom. The van der Waals surface area contributed by atoms with E-state index < -0.39 is 5.97 Å². The van der Waals surface area contributed by atoms with Crippen molar-refractivity contribution in [1.29, 1.82) is 0 Å². The minimum atomic E-state index is -0.462. The third-order valence-electron chi connectivity index (χ3n) is 4.75. The summed E-state index contributed by atoms with van der Waals surface area (Å²) in [5.41, 5.74) is 2.02. The molecule has 0 unspecified atom stereocenters. The molecule has 1 N–H and O–H groups in total. The molecule has 4 rings (SSSR count). The summed E-state index contributed by atoms with van der Waals surface area (Å²) in [6.07, 6.45) is 0. The van der Waals surface area contributed by atoms with Gasteiger partial charge in [0.15, 0.2) is 6.61 Å². The number of hydrogen-bond donors (Lipinski definition) is 1. The van der Waals surface area contributed by atoms with Gasteiger partial charge in [0, 0.05) is 5.56 Å².